The molecule has 130 valence electrons. The molecule has 4 nitrogen and oxygen atoms in total. The van der Waals surface area contributed by atoms with E-state index in [1.165, 1.54) is 18.2 Å². The number of phenols is 1. The van der Waals surface area contributed by atoms with E-state index in [-0.39, 0.29) is 23.4 Å². The lowest BCUT2D eigenvalue weighted by Gasteiger charge is -2.37. The first-order valence-electron chi connectivity index (χ1n) is 12.0. The van der Waals surface area contributed by atoms with E-state index in [1.807, 2.05) is 0 Å². The fourth-order valence-electron chi connectivity index (χ4n) is 2.38. The molecule has 0 aliphatic rings. The number of aliphatic hydroxyl groups is 2. The highest BCUT2D eigenvalue weighted by Crippen LogP contribution is 2.26. The number of hydrogen-bond donors (Lipinski definition) is 3. The van der Waals surface area contributed by atoms with Crippen LogP contribution in [0, 0.1) is 0 Å². The van der Waals surface area contributed by atoms with Gasteiger partial charge in [-0.2, -0.15) is 0 Å². The van der Waals surface area contributed by atoms with Crippen LogP contribution < -0.4 is 0 Å². The molecule has 1 unspecified atom stereocenters. The van der Waals surface area contributed by atoms with Gasteiger partial charge in [-0.15, -0.1) is 0 Å². The molecule has 3 N–H and O–H groups in total. The van der Waals surface area contributed by atoms with Crippen molar-refractivity contribution < 1.29 is 27.7 Å². The first-order chi connectivity index (χ1) is 15.1. The molecular weight excluding hydrogens is 302 g/mol. The third kappa shape index (κ3) is 4.81. The fraction of sp³-hybridized carbons (Fsp3) is 0.400. The highest BCUT2D eigenvalue weighted by Gasteiger charge is 2.24. The summed E-state index contributed by atoms with van der Waals surface area (Å²) in [6.45, 7) is -12.0. The van der Waals surface area contributed by atoms with Gasteiger partial charge in [0, 0.05) is 36.5 Å². The monoisotopic (exact) mass is 338 g/mol. The van der Waals surface area contributed by atoms with E-state index in [4.69, 9.17) is 12.3 Å². The van der Waals surface area contributed by atoms with Crippen molar-refractivity contribution in [3.8, 4) is 5.75 Å². The highest BCUT2D eigenvalue weighted by molar-refractivity contribution is 5.36. The van der Waals surface area contributed by atoms with Crippen molar-refractivity contribution in [2.75, 3.05) is 6.54 Å². The summed E-state index contributed by atoms with van der Waals surface area (Å²) in [6.07, 6.45) is -1.52. The number of aliphatic hydroxyl groups excluding tert-OH is 2. The Labute approximate surface area is 156 Å². The van der Waals surface area contributed by atoms with Gasteiger partial charge in [-0.3, -0.25) is 4.90 Å². The average Bonchev–Trinajstić information content (AvgIpc) is 2.65. The quantitative estimate of drug-likeness (QED) is 0.757. The van der Waals surface area contributed by atoms with Gasteiger partial charge in [0.2, 0.25) is 0 Å². The molecule has 0 aliphatic heterocycles. The van der Waals surface area contributed by atoms with E-state index < -0.39 is 45.4 Å². The summed E-state index contributed by atoms with van der Waals surface area (Å²) in [7, 11) is 0. The zero-order valence-corrected chi connectivity index (χ0v) is 13.1. The molecule has 1 atom stereocenters. The molecule has 0 radical (unpaired) electrons. The van der Waals surface area contributed by atoms with Crippen LogP contribution in [0.3, 0.4) is 0 Å². The lowest BCUT2D eigenvalue weighted by Crippen LogP contribution is -2.43. The van der Waals surface area contributed by atoms with Gasteiger partial charge >= 0.3 is 0 Å². The molecule has 0 amide bonds. The Morgan fingerprint density at radius 1 is 1.12 bits per heavy atom. The molecule has 0 fully saturated rings. The van der Waals surface area contributed by atoms with Crippen molar-refractivity contribution in [1.29, 1.82) is 0 Å². The van der Waals surface area contributed by atoms with E-state index in [9.17, 15) is 15.3 Å². The molecule has 0 aliphatic carbocycles. The predicted molar refractivity (Wildman–Crippen MR) is 95.6 cm³/mol. The standard InChI is InChI=1S/C20H27NO3/c1-20(2,3)21(12-15-7-5-4-6-8-15)13-19(24)16-9-10-18(23)17(11-16)14-22/h4-11,19,22-24H,12-14H2,1-3H3/i1D3,2D3,3D3. The maximum absolute atomic E-state index is 10.9. The largest absolute Gasteiger partial charge is 0.508 e. The second kappa shape index (κ2) is 7.79. The summed E-state index contributed by atoms with van der Waals surface area (Å²) >= 11 is 0. The second-order valence-corrected chi connectivity index (χ2v) is 5.64. The van der Waals surface area contributed by atoms with Crippen molar-refractivity contribution >= 4 is 0 Å². The summed E-state index contributed by atoms with van der Waals surface area (Å²) in [5, 5.41) is 30.0. The Kier molecular flexibility index (Phi) is 3.11. The molecule has 2 rings (SSSR count). The maximum atomic E-state index is 10.9. The van der Waals surface area contributed by atoms with Crippen LogP contribution >= 0.6 is 0 Å². The summed E-state index contributed by atoms with van der Waals surface area (Å²) in [5.74, 6) is -0.226. The first kappa shape index (κ1) is 9.56. The van der Waals surface area contributed by atoms with Crippen LogP contribution in [-0.4, -0.2) is 32.3 Å². The van der Waals surface area contributed by atoms with E-state index in [0.717, 1.165) is 4.90 Å². The second-order valence-electron chi connectivity index (χ2n) is 5.64. The number of aromatic hydroxyl groups is 1. The minimum atomic E-state index is -3.48. The average molecular weight is 338 g/mol. The van der Waals surface area contributed by atoms with Gasteiger partial charge in [0.1, 0.15) is 5.75 Å². The fourth-order valence-corrected chi connectivity index (χ4v) is 2.38. The molecule has 2 aromatic rings. The molecule has 0 saturated carbocycles. The lowest BCUT2D eigenvalue weighted by molar-refractivity contribution is 0.0522. The van der Waals surface area contributed by atoms with Gasteiger partial charge < -0.3 is 15.3 Å². The SMILES string of the molecule is [2H]C([2H])([2H])C(N(Cc1ccccc1)CC(O)c1ccc(O)c(CO)c1)(C([2H])([2H])[2H])C([2H])([2H])[2H]. The van der Waals surface area contributed by atoms with Gasteiger partial charge in [-0.1, -0.05) is 36.4 Å². The van der Waals surface area contributed by atoms with Gasteiger partial charge in [-0.25, -0.2) is 0 Å². The third-order valence-electron chi connectivity index (χ3n) is 3.74. The van der Waals surface area contributed by atoms with Crippen molar-refractivity contribution in [2.24, 2.45) is 0 Å². The summed E-state index contributed by atoms with van der Waals surface area (Å²) in [5.41, 5.74) is -2.60. The van der Waals surface area contributed by atoms with E-state index in [2.05, 4.69) is 0 Å². The number of hydrogen-bond acceptors (Lipinski definition) is 4. The Morgan fingerprint density at radius 2 is 1.83 bits per heavy atom. The first-order valence-corrected chi connectivity index (χ1v) is 7.46. The molecule has 0 aromatic heterocycles. The van der Waals surface area contributed by atoms with Crippen LogP contribution in [0.15, 0.2) is 48.5 Å². The number of benzene rings is 2. The Morgan fingerprint density at radius 3 is 2.46 bits per heavy atom. The molecule has 4 heteroatoms. The Bertz CT molecular complexity index is 891. The normalized spacial score (nSPS) is 20.4. The topological polar surface area (TPSA) is 63.9 Å². The number of rotatable bonds is 6. The predicted octanol–water partition coefficient (Wildman–Crippen LogP) is 3.22. The van der Waals surface area contributed by atoms with Crippen molar-refractivity contribution in [3.63, 3.8) is 0 Å². The third-order valence-corrected chi connectivity index (χ3v) is 3.74. The molecule has 0 spiro atoms. The summed E-state index contributed by atoms with van der Waals surface area (Å²) < 4.78 is 72.1. The molecule has 24 heavy (non-hydrogen) atoms. The van der Waals surface area contributed by atoms with Crippen molar-refractivity contribution in [1.82, 2.24) is 4.90 Å². The van der Waals surface area contributed by atoms with Crippen molar-refractivity contribution in [3.05, 3.63) is 65.2 Å². The van der Waals surface area contributed by atoms with E-state index in [1.54, 1.807) is 30.3 Å². The lowest BCUT2D eigenvalue weighted by atomic mass is 10.0. The van der Waals surface area contributed by atoms with Gasteiger partial charge in [-0.05, 0) is 43.8 Å². The summed E-state index contributed by atoms with van der Waals surface area (Å²) in [6, 6.07) is 12.0. The molecule has 0 saturated heterocycles. The van der Waals surface area contributed by atoms with Gasteiger partial charge in [0.15, 0.2) is 0 Å². The number of β-amino-alcohol motifs (C(OH)–C–C–N with tert-alkyl or cyclic N) is 1. The van der Waals surface area contributed by atoms with E-state index in [0.29, 0.717) is 5.56 Å². The smallest absolute Gasteiger partial charge is 0.121 e. The van der Waals surface area contributed by atoms with Crippen LogP contribution in [0.4, 0.5) is 0 Å². The van der Waals surface area contributed by atoms with E-state index >= 15 is 0 Å². The van der Waals surface area contributed by atoms with Crippen LogP contribution in [0.25, 0.3) is 0 Å². The maximum Gasteiger partial charge on any atom is 0.121 e. The van der Waals surface area contributed by atoms with Crippen molar-refractivity contribution in [2.45, 2.75) is 45.4 Å². The minimum Gasteiger partial charge on any atom is -0.508 e. The van der Waals surface area contributed by atoms with Crippen LogP contribution in [0.1, 0.15) is 55.7 Å². The zero-order valence-electron chi connectivity index (χ0n) is 22.1. The van der Waals surface area contributed by atoms with Gasteiger partial charge in [0.25, 0.3) is 0 Å². The van der Waals surface area contributed by atoms with Gasteiger partial charge in [0.05, 0.1) is 12.7 Å². The molecule has 0 bridgehead atoms. The zero-order chi connectivity index (χ0) is 25.2. The Balaban J connectivity index is 2.67. The van der Waals surface area contributed by atoms with Crippen LogP contribution in [0.2, 0.25) is 0 Å². The minimum absolute atomic E-state index is 0.0925. The highest BCUT2D eigenvalue weighted by atomic mass is 16.3. The number of nitrogens with zero attached hydrogens (tertiary/aromatic N) is 1. The Hall–Kier alpha value is -1.88. The van der Waals surface area contributed by atoms with Crippen LogP contribution in [-0.2, 0) is 13.2 Å². The molecular formula is C20H27NO3. The summed E-state index contributed by atoms with van der Waals surface area (Å²) in [4.78, 5) is 0.783. The van der Waals surface area contributed by atoms with Crippen LogP contribution in [0.5, 0.6) is 5.75 Å². The molecule has 2 aromatic carbocycles. The molecule has 0 heterocycles.